The Balaban J connectivity index is 2.54. The summed E-state index contributed by atoms with van der Waals surface area (Å²) < 4.78 is 50.5. The summed E-state index contributed by atoms with van der Waals surface area (Å²) in [6.45, 7) is 0. The molecule has 0 fully saturated rings. The number of nitrogens with zero attached hydrogens (tertiary/aromatic N) is 1. The normalized spacial score (nSPS) is 11.8. The fraction of sp³-hybridized carbons (Fsp3) is 0.100. The van der Waals surface area contributed by atoms with E-state index in [2.05, 4.69) is 10.5 Å². The SMILES string of the molecule is Fc1ccc(C(F)(F)F)cc1-c1cs[c]n1. The molecular weight excluding hydrogens is 242 g/mol. The van der Waals surface area contributed by atoms with Gasteiger partial charge < -0.3 is 0 Å². The van der Waals surface area contributed by atoms with Gasteiger partial charge in [-0.1, -0.05) is 0 Å². The summed E-state index contributed by atoms with van der Waals surface area (Å²) in [5, 5.41) is 1.44. The van der Waals surface area contributed by atoms with Crippen molar-refractivity contribution in [1.82, 2.24) is 4.98 Å². The van der Waals surface area contributed by atoms with Gasteiger partial charge in [0.15, 0.2) is 5.51 Å². The van der Waals surface area contributed by atoms with Gasteiger partial charge in [-0.15, -0.1) is 11.3 Å². The Labute approximate surface area is 92.4 Å². The van der Waals surface area contributed by atoms with Crippen LogP contribution in [0.15, 0.2) is 23.6 Å². The first-order valence-electron chi connectivity index (χ1n) is 4.17. The lowest BCUT2D eigenvalue weighted by molar-refractivity contribution is -0.137. The van der Waals surface area contributed by atoms with Gasteiger partial charge >= 0.3 is 6.18 Å². The maximum atomic E-state index is 13.3. The summed E-state index contributed by atoms with van der Waals surface area (Å²) in [7, 11) is 0. The van der Waals surface area contributed by atoms with Gasteiger partial charge in [0.2, 0.25) is 0 Å². The molecule has 83 valence electrons. The van der Waals surface area contributed by atoms with Crippen molar-refractivity contribution >= 4 is 11.3 Å². The van der Waals surface area contributed by atoms with Crippen LogP contribution >= 0.6 is 11.3 Å². The maximum Gasteiger partial charge on any atom is 0.416 e. The summed E-state index contributed by atoms with van der Waals surface area (Å²) in [6, 6.07) is 2.24. The van der Waals surface area contributed by atoms with E-state index in [9.17, 15) is 17.6 Å². The molecule has 0 aliphatic rings. The highest BCUT2D eigenvalue weighted by molar-refractivity contribution is 7.07. The van der Waals surface area contributed by atoms with Crippen LogP contribution in [-0.2, 0) is 6.18 Å². The fourth-order valence-corrected chi connectivity index (χ4v) is 1.70. The van der Waals surface area contributed by atoms with Crippen molar-refractivity contribution in [2.24, 2.45) is 0 Å². The lowest BCUT2D eigenvalue weighted by Crippen LogP contribution is -2.05. The summed E-state index contributed by atoms with van der Waals surface area (Å²) >= 11 is 1.07. The quantitative estimate of drug-likeness (QED) is 0.698. The van der Waals surface area contributed by atoms with E-state index in [1.807, 2.05) is 0 Å². The first kappa shape index (κ1) is 11.1. The molecule has 1 radical (unpaired) electrons. The third kappa shape index (κ3) is 2.06. The summed E-state index contributed by atoms with van der Waals surface area (Å²) in [5.41, 5.74) is 1.57. The Kier molecular flexibility index (Phi) is 2.67. The maximum absolute atomic E-state index is 13.3. The molecule has 0 spiro atoms. The minimum atomic E-state index is -4.48. The third-order valence-electron chi connectivity index (χ3n) is 1.96. The number of rotatable bonds is 1. The van der Waals surface area contributed by atoms with Gasteiger partial charge in [0.1, 0.15) is 5.82 Å². The van der Waals surface area contributed by atoms with Crippen LogP contribution in [0.4, 0.5) is 17.6 Å². The van der Waals surface area contributed by atoms with Crippen molar-refractivity contribution < 1.29 is 17.6 Å². The molecule has 1 nitrogen and oxygen atoms in total. The molecule has 2 rings (SSSR count). The number of hydrogen-bond donors (Lipinski definition) is 0. The third-order valence-corrected chi connectivity index (χ3v) is 2.50. The molecule has 0 unspecified atom stereocenters. The predicted octanol–water partition coefficient (Wildman–Crippen LogP) is 3.77. The molecular formula is C10H4F4NS. The number of alkyl halides is 3. The number of aromatic nitrogens is 1. The molecule has 0 bridgehead atoms. The van der Waals surface area contributed by atoms with Crippen molar-refractivity contribution in [3.63, 3.8) is 0 Å². The van der Waals surface area contributed by atoms with Crippen molar-refractivity contribution in [3.05, 3.63) is 40.5 Å². The number of thiazole rings is 1. The van der Waals surface area contributed by atoms with E-state index in [0.717, 1.165) is 23.5 Å². The zero-order valence-electron chi connectivity index (χ0n) is 7.68. The Morgan fingerprint density at radius 1 is 1.25 bits per heavy atom. The van der Waals surface area contributed by atoms with E-state index in [4.69, 9.17) is 0 Å². The molecule has 0 atom stereocenters. The van der Waals surface area contributed by atoms with E-state index >= 15 is 0 Å². The Morgan fingerprint density at radius 3 is 2.56 bits per heavy atom. The second-order valence-electron chi connectivity index (χ2n) is 3.02. The van der Waals surface area contributed by atoms with Crippen molar-refractivity contribution in [3.8, 4) is 11.3 Å². The molecule has 1 aromatic heterocycles. The molecule has 0 N–H and O–H groups in total. The number of halogens is 4. The molecule has 0 saturated heterocycles. The van der Waals surface area contributed by atoms with Gasteiger partial charge in [-0.25, -0.2) is 9.37 Å². The van der Waals surface area contributed by atoms with Crippen LogP contribution in [0.2, 0.25) is 0 Å². The summed E-state index contributed by atoms with van der Waals surface area (Å²) in [4.78, 5) is 3.66. The topological polar surface area (TPSA) is 12.9 Å². The van der Waals surface area contributed by atoms with E-state index in [0.29, 0.717) is 6.07 Å². The second kappa shape index (κ2) is 3.86. The van der Waals surface area contributed by atoms with Gasteiger partial charge in [0, 0.05) is 10.9 Å². The number of benzene rings is 1. The van der Waals surface area contributed by atoms with Crippen molar-refractivity contribution in [1.29, 1.82) is 0 Å². The van der Waals surface area contributed by atoms with Crippen LogP contribution in [0.25, 0.3) is 11.3 Å². The highest BCUT2D eigenvalue weighted by Gasteiger charge is 2.31. The lowest BCUT2D eigenvalue weighted by Gasteiger charge is -2.08. The first-order chi connectivity index (χ1) is 7.48. The van der Waals surface area contributed by atoms with Gasteiger partial charge in [-0.3, -0.25) is 0 Å². The van der Waals surface area contributed by atoms with Crippen LogP contribution < -0.4 is 0 Å². The zero-order chi connectivity index (χ0) is 11.8. The standard InChI is InChI=1S/C10H4F4NS/c11-8-2-1-6(10(12,13)14)3-7(8)9-4-16-5-15-9/h1-4H. The Hall–Kier alpha value is -1.43. The van der Waals surface area contributed by atoms with Gasteiger partial charge in [-0.05, 0) is 18.2 Å². The van der Waals surface area contributed by atoms with Gasteiger partial charge in [0.25, 0.3) is 0 Å². The Morgan fingerprint density at radius 2 is 2.00 bits per heavy atom. The number of hydrogen-bond acceptors (Lipinski definition) is 2. The molecule has 6 heteroatoms. The molecule has 0 saturated carbocycles. The van der Waals surface area contributed by atoms with E-state index in [1.165, 1.54) is 5.38 Å². The van der Waals surface area contributed by atoms with Gasteiger partial charge in [-0.2, -0.15) is 13.2 Å². The van der Waals surface area contributed by atoms with Crippen LogP contribution in [0.3, 0.4) is 0 Å². The average Bonchev–Trinajstić information content (AvgIpc) is 2.69. The summed E-state index contributed by atoms with van der Waals surface area (Å²) in [6.07, 6.45) is -4.48. The summed E-state index contributed by atoms with van der Waals surface area (Å²) in [5.74, 6) is -0.729. The average molecular weight is 246 g/mol. The Bertz CT molecular complexity index is 490. The first-order valence-corrected chi connectivity index (χ1v) is 5.05. The second-order valence-corrected chi connectivity index (χ2v) is 3.67. The highest BCUT2D eigenvalue weighted by atomic mass is 32.1. The fourth-order valence-electron chi connectivity index (χ4n) is 1.21. The van der Waals surface area contributed by atoms with Crippen LogP contribution in [0.1, 0.15) is 5.56 Å². The van der Waals surface area contributed by atoms with Crippen molar-refractivity contribution in [2.45, 2.75) is 6.18 Å². The predicted molar refractivity (Wildman–Crippen MR) is 51.3 cm³/mol. The molecule has 2 aromatic rings. The molecule has 16 heavy (non-hydrogen) atoms. The van der Waals surface area contributed by atoms with Crippen LogP contribution in [0, 0.1) is 11.3 Å². The zero-order valence-corrected chi connectivity index (χ0v) is 8.49. The van der Waals surface area contributed by atoms with E-state index in [1.54, 1.807) is 0 Å². The molecule has 0 aliphatic heterocycles. The smallest absolute Gasteiger partial charge is 0.233 e. The molecule has 1 heterocycles. The molecule has 0 aliphatic carbocycles. The molecule has 0 amide bonds. The highest BCUT2D eigenvalue weighted by Crippen LogP contribution is 2.33. The van der Waals surface area contributed by atoms with E-state index in [-0.39, 0.29) is 11.3 Å². The van der Waals surface area contributed by atoms with E-state index < -0.39 is 17.6 Å². The monoisotopic (exact) mass is 246 g/mol. The van der Waals surface area contributed by atoms with Crippen LogP contribution in [-0.4, -0.2) is 4.98 Å². The van der Waals surface area contributed by atoms with Crippen molar-refractivity contribution in [2.75, 3.05) is 0 Å². The minimum Gasteiger partial charge on any atom is -0.233 e. The largest absolute Gasteiger partial charge is 0.416 e. The lowest BCUT2D eigenvalue weighted by atomic mass is 10.1. The minimum absolute atomic E-state index is 0.160. The molecule has 1 aromatic carbocycles. The van der Waals surface area contributed by atoms with Gasteiger partial charge in [0.05, 0.1) is 11.3 Å². The van der Waals surface area contributed by atoms with Crippen LogP contribution in [0.5, 0.6) is 0 Å².